The van der Waals surface area contributed by atoms with Crippen molar-refractivity contribution in [3.8, 4) is 0 Å². The summed E-state index contributed by atoms with van der Waals surface area (Å²) in [4.78, 5) is 0. The van der Waals surface area contributed by atoms with Crippen molar-refractivity contribution in [1.29, 1.82) is 0 Å². The van der Waals surface area contributed by atoms with E-state index in [0.29, 0.717) is 10.9 Å². The average Bonchev–Trinajstić information content (AvgIpc) is 2.73. The first-order valence-electron chi connectivity index (χ1n) is 4.80. The lowest BCUT2D eigenvalue weighted by Crippen LogP contribution is -1.99. The van der Waals surface area contributed by atoms with Crippen LogP contribution in [0.25, 0.3) is 0 Å². The summed E-state index contributed by atoms with van der Waals surface area (Å²) in [6.07, 6.45) is -0.516. The molecule has 0 aliphatic rings. The summed E-state index contributed by atoms with van der Waals surface area (Å²) >= 11 is 6.13. The molecular formula is C10H10BrN3OS2. The number of anilines is 1. The number of aliphatic hydroxyl groups is 1. The van der Waals surface area contributed by atoms with Crippen LogP contribution in [0.3, 0.4) is 0 Å². The summed E-state index contributed by atoms with van der Waals surface area (Å²) in [6, 6.07) is 7.60. The molecule has 90 valence electrons. The van der Waals surface area contributed by atoms with Crippen molar-refractivity contribution in [3.05, 3.63) is 34.3 Å². The molecule has 1 aromatic heterocycles. The van der Waals surface area contributed by atoms with E-state index in [-0.39, 0.29) is 0 Å². The van der Waals surface area contributed by atoms with Crippen LogP contribution in [0.15, 0.2) is 33.1 Å². The highest BCUT2D eigenvalue weighted by atomic mass is 79.9. The molecule has 7 heteroatoms. The maximum Gasteiger partial charge on any atom is 0.203 e. The Labute approximate surface area is 115 Å². The molecule has 4 nitrogen and oxygen atoms in total. The molecule has 0 saturated heterocycles. The zero-order chi connectivity index (χ0) is 12.3. The van der Waals surface area contributed by atoms with Gasteiger partial charge in [-0.05, 0) is 17.7 Å². The Kier molecular flexibility index (Phi) is 4.38. The number of nitrogens with two attached hydrogens (primary N) is 1. The van der Waals surface area contributed by atoms with Gasteiger partial charge in [0.1, 0.15) is 0 Å². The zero-order valence-corrected chi connectivity index (χ0v) is 11.9. The van der Waals surface area contributed by atoms with Gasteiger partial charge in [-0.2, -0.15) is 0 Å². The van der Waals surface area contributed by atoms with Crippen molar-refractivity contribution in [2.24, 2.45) is 0 Å². The van der Waals surface area contributed by atoms with Crippen LogP contribution in [0.2, 0.25) is 0 Å². The number of thioether (sulfide) groups is 1. The zero-order valence-electron chi connectivity index (χ0n) is 8.71. The fourth-order valence-corrected chi connectivity index (χ4v) is 3.10. The summed E-state index contributed by atoms with van der Waals surface area (Å²) in [6.45, 7) is 0. The third-order valence-electron chi connectivity index (χ3n) is 2.04. The number of halogens is 1. The summed E-state index contributed by atoms with van der Waals surface area (Å²) in [5, 5.41) is 18.0. The highest BCUT2D eigenvalue weighted by Gasteiger charge is 2.10. The molecule has 0 aliphatic heterocycles. The Morgan fingerprint density at radius 1 is 1.35 bits per heavy atom. The number of nitrogen functional groups attached to an aromatic ring is 1. The minimum absolute atomic E-state index is 0.450. The van der Waals surface area contributed by atoms with E-state index in [1.54, 1.807) is 0 Å². The lowest BCUT2D eigenvalue weighted by molar-refractivity contribution is 0.204. The van der Waals surface area contributed by atoms with Crippen LogP contribution in [-0.4, -0.2) is 21.1 Å². The van der Waals surface area contributed by atoms with Crippen LogP contribution in [-0.2, 0) is 0 Å². The molecule has 0 amide bonds. The minimum Gasteiger partial charge on any atom is -0.388 e. The molecular weight excluding hydrogens is 322 g/mol. The number of aromatic nitrogens is 2. The van der Waals surface area contributed by atoms with E-state index in [1.165, 1.54) is 23.1 Å². The van der Waals surface area contributed by atoms with E-state index < -0.39 is 6.10 Å². The Bertz CT molecular complexity index is 489. The first kappa shape index (κ1) is 12.8. The van der Waals surface area contributed by atoms with Crippen LogP contribution < -0.4 is 5.73 Å². The van der Waals surface area contributed by atoms with Gasteiger partial charge in [-0.25, -0.2) is 0 Å². The number of rotatable bonds is 4. The molecule has 0 aliphatic carbocycles. The maximum atomic E-state index is 9.97. The van der Waals surface area contributed by atoms with E-state index in [2.05, 4.69) is 26.1 Å². The summed E-state index contributed by atoms with van der Waals surface area (Å²) in [5.74, 6) is 0.538. The monoisotopic (exact) mass is 331 g/mol. The molecule has 0 spiro atoms. The predicted octanol–water partition coefficient (Wildman–Crippen LogP) is 2.71. The molecule has 0 radical (unpaired) electrons. The molecule has 0 bridgehead atoms. The minimum atomic E-state index is -0.516. The second-order valence-corrected chi connectivity index (χ2v) is 6.48. The second-order valence-electron chi connectivity index (χ2n) is 3.28. The summed E-state index contributed by atoms with van der Waals surface area (Å²) < 4.78 is 1.77. The topological polar surface area (TPSA) is 72.0 Å². The van der Waals surface area contributed by atoms with Crippen molar-refractivity contribution >= 4 is 44.2 Å². The SMILES string of the molecule is Nc1nnc(SCC(O)c2ccc(Br)cc2)s1. The van der Waals surface area contributed by atoms with E-state index in [0.717, 1.165) is 14.4 Å². The smallest absolute Gasteiger partial charge is 0.203 e. The van der Waals surface area contributed by atoms with Gasteiger partial charge in [0.05, 0.1) is 6.10 Å². The lowest BCUT2D eigenvalue weighted by Gasteiger charge is -2.09. The summed E-state index contributed by atoms with van der Waals surface area (Å²) in [5.41, 5.74) is 6.36. The van der Waals surface area contributed by atoms with E-state index in [1.807, 2.05) is 24.3 Å². The fourth-order valence-electron chi connectivity index (χ4n) is 1.21. The van der Waals surface area contributed by atoms with Gasteiger partial charge >= 0.3 is 0 Å². The van der Waals surface area contributed by atoms with Crippen LogP contribution in [0, 0.1) is 0 Å². The maximum absolute atomic E-state index is 9.97. The van der Waals surface area contributed by atoms with Crippen LogP contribution in [0.5, 0.6) is 0 Å². The van der Waals surface area contributed by atoms with Crippen LogP contribution in [0.1, 0.15) is 11.7 Å². The predicted molar refractivity (Wildman–Crippen MR) is 74.1 cm³/mol. The lowest BCUT2D eigenvalue weighted by atomic mass is 10.1. The molecule has 1 atom stereocenters. The number of nitrogens with zero attached hydrogens (tertiary/aromatic N) is 2. The van der Waals surface area contributed by atoms with E-state index in [9.17, 15) is 5.11 Å². The molecule has 1 aromatic carbocycles. The molecule has 1 heterocycles. The van der Waals surface area contributed by atoms with Gasteiger partial charge in [-0.1, -0.05) is 51.2 Å². The molecule has 2 aromatic rings. The average molecular weight is 332 g/mol. The van der Waals surface area contributed by atoms with Crippen LogP contribution in [0.4, 0.5) is 5.13 Å². The van der Waals surface area contributed by atoms with Gasteiger partial charge in [-0.3, -0.25) is 0 Å². The fraction of sp³-hybridized carbons (Fsp3) is 0.200. The molecule has 3 N–H and O–H groups in total. The van der Waals surface area contributed by atoms with Crippen molar-refractivity contribution in [2.75, 3.05) is 11.5 Å². The third-order valence-corrected chi connectivity index (χ3v) is 4.53. The van der Waals surface area contributed by atoms with Crippen molar-refractivity contribution in [3.63, 3.8) is 0 Å². The standard InChI is InChI=1S/C10H10BrN3OS2/c11-7-3-1-6(2-4-7)8(15)5-16-10-14-13-9(12)17-10/h1-4,8,15H,5H2,(H2,12,13). The van der Waals surface area contributed by atoms with E-state index in [4.69, 9.17) is 5.73 Å². The Morgan fingerprint density at radius 2 is 2.06 bits per heavy atom. The normalized spacial score (nSPS) is 12.6. The van der Waals surface area contributed by atoms with Crippen molar-refractivity contribution in [2.45, 2.75) is 10.4 Å². The summed E-state index contributed by atoms with van der Waals surface area (Å²) in [7, 11) is 0. The highest BCUT2D eigenvalue weighted by Crippen LogP contribution is 2.28. The van der Waals surface area contributed by atoms with Gasteiger partial charge in [0.25, 0.3) is 0 Å². The van der Waals surface area contributed by atoms with Crippen molar-refractivity contribution in [1.82, 2.24) is 10.2 Å². The number of aliphatic hydroxyl groups excluding tert-OH is 1. The highest BCUT2D eigenvalue weighted by molar-refractivity contribution is 9.10. The van der Waals surface area contributed by atoms with Crippen LogP contribution >= 0.6 is 39.0 Å². The first-order valence-corrected chi connectivity index (χ1v) is 7.40. The number of hydrogen-bond donors (Lipinski definition) is 2. The Morgan fingerprint density at radius 3 is 2.65 bits per heavy atom. The van der Waals surface area contributed by atoms with Gasteiger partial charge in [-0.15, -0.1) is 10.2 Å². The number of benzene rings is 1. The largest absolute Gasteiger partial charge is 0.388 e. The third kappa shape index (κ3) is 3.67. The van der Waals surface area contributed by atoms with E-state index >= 15 is 0 Å². The van der Waals surface area contributed by atoms with Gasteiger partial charge in [0, 0.05) is 10.2 Å². The number of hydrogen-bond acceptors (Lipinski definition) is 6. The van der Waals surface area contributed by atoms with Gasteiger partial charge < -0.3 is 10.8 Å². The molecule has 0 fully saturated rings. The first-order chi connectivity index (χ1) is 8.15. The molecule has 1 unspecified atom stereocenters. The van der Waals surface area contributed by atoms with Crippen molar-refractivity contribution < 1.29 is 5.11 Å². The second kappa shape index (κ2) is 5.81. The quantitative estimate of drug-likeness (QED) is 0.843. The van der Waals surface area contributed by atoms with Gasteiger partial charge in [0.15, 0.2) is 4.34 Å². The molecule has 17 heavy (non-hydrogen) atoms. The molecule has 0 saturated carbocycles. The Balaban J connectivity index is 1.93. The Hall–Kier alpha value is -0.630. The molecule has 2 rings (SSSR count). The van der Waals surface area contributed by atoms with Gasteiger partial charge in [0.2, 0.25) is 5.13 Å².